The van der Waals surface area contributed by atoms with Crippen molar-refractivity contribution in [3.8, 4) is 11.5 Å². The summed E-state index contributed by atoms with van der Waals surface area (Å²) in [6.07, 6.45) is 3.53. The lowest BCUT2D eigenvalue weighted by molar-refractivity contribution is 0.0696. The molecule has 0 radical (unpaired) electrons. The van der Waals surface area contributed by atoms with E-state index < -0.39 is 0 Å². The highest BCUT2D eigenvalue weighted by molar-refractivity contribution is 5.94. The zero-order chi connectivity index (χ0) is 15.5. The standard InChI is InChI=1S/C16H19N3O3/c1-17-11-4-2-8-19(10-11)16(21)12-6-7-13(18-15(12)20)14-5-3-9-22-14/h3,5-7,9,11,17H,2,4,8,10H2,1H3,(H,18,20). The lowest BCUT2D eigenvalue weighted by Gasteiger charge is -2.32. The van der Waals surface area contributed by atoms with Crippen LogP contribution in [0, 0.1) is 0 Å². The zero-order valence-electron chi connectivity index (χ0n) is 12.5. The van der Waals surface area contributed by atoms with E-state index in [0.29, 0.717) is 30.6 Å². The SMILES string of the molecule is CNC1CCCN(C(=O)c2ccc(-c3ccco3)[nH]c2=O)C1. The van der Waals surface area contributed by atoms with E-state index >= 15 is 0 Å². The van der Waals surface area contributed by atoms with Crippen molar-refractivity contribution in [3.05, 3.63) is 46.4 Å². The number of likely N-dealkylation sites (N-methyl/N-ethyl adjacent to an activating group) is 1. The lowest BCUT2D eigenvalue weighted by Crippen LogP contribution is -2.47. The van der Waals surface area contributed by atoms with Crippen LogP contribution in [0.4, 0.5) is 0 Å². The van der Waals surface area contributed by atoms with Crippen LogP contribution in [-0.4, -0.2) is 42.0 Å². The molecule has 2 aromatic heterocycles. The number of rotatable bonds is 3. The average Bonchev–Trinajstić information content (AvgIpc) is 3.08. The number of carbonyl (C=O) groups is 1. The highest BCUT2D eigenvalue weighted by atomic mass is 16.3. The Hall–Kier alpha value is -2.34. The van der Waals surface area contributed by atoms with Crippen molar-refractivity contribution in [2.45, 2.75) is 18.9 Å². The van der Waals surface area contributed by atoms with E-state index in [2.05, 4.69) is 10.3 Å². The third kappa shape index (κ3) is 2.82. The fraction of sp³-hybridized carbons (Fsp3) is 0.375. The van der Waals surface area contributed by atoms with Crippen molar-refractivity contribution >= 4 is 5.91 Å². The Morgan fingerprint density at radius 1 is 1.41 bits per heavy atom. The van der Waals surface area contributed by atoms with Gasteiger partial charge < -0.3 is 19.6 Å². The fourth-order valence-corrected chi connectivity index (χ4v) is 2.79. The van der Waals surface area contributed by atoms with E-state index in [4.69, 9.17) is 4.42 Å². The maximum Gasteiger partial charge on any atom is 0.261 e. The topological polar surface area (TPSA) is 78.3 Å². The van der Waals surface area contributed by atoms with Crippen LogP contribution in [-0.2, 0) is 0 Å². The number of H-pyrrole nitrogens is 1. The highest BCUT2D eigenvalue weighted by Gasteiger charge is 2.25. The summed E-state index contributed by atoms with van der Waals surface area (Å²) in [6.45, 7) is 1.32. The van der Waals surface area contributed by atoms with Gasteiger partial charge in [0.2, 0.25) is 0 Å². The molecule has 22 heavy (non-hydrogen) atoms. The highest BCUT2D eigenvalue weighted by Crippen LogP contribution is 2.17. The van der Waals surface area contributed by atoms with Crippen molar-refractivity contribution < 1.29 is 9.21 Å². The van der Waals surface area contributed by atoms with Gasteiger partial charge in [-0.3, -0.25) is 9.59 Å². The van der Waals surface area contributed by atoms with E-state index in [9.17, 15) is 9.59 Å². The summed E-state index contributed by atoms with van der Waals surface area (Å²) in [5.41, 5.74) is 0.357. The van der Waals surface area contributed by atoms with Gasteiger partial charge in [-0.15, -0.1) is 0 Å². The summed E-state index contributed by atoms with van der Waals surface area (Å²) >= 11 is 0. The van der Waals surface area contributed by atoms with Crippen molar-refractivity contribution in [3.63, 3.8) is 0 Å². The van der Waals surface area contributed by atoms with Gasteiger partial charge in [-0.05, 0) is 44.2 Å². The molecule has 1 atom stereocenters. The Kier molecular flexibility index (Phi) is 4.11. The van der Waals surface area contributed by atoms with E-state index in [1.807, 2.05) is 7.05 Å². The van der Waals surface area contributed by atoms with E-state index in [-0.39, 0.29) is 17.0 Å². The van der Waals surface area contributed by atoms with E-state index in [1.165, 1.54) is 0 Å². The summed E-state index contributed by atoms with van der Waals surface area (Å²) < 4.78 is 5.25. The van der Waals surface area contributed by atoms with Crippen molar-refractivity contribution in [1.82, 2.24) is 15.2 Å². The van der Waals surface area contributed by atoms with Crippen molar-refractivity contribution in [2.75, 3.05) is 20.1 Å². The zero-order valence-corrected chi connectivity index (χ0v) is 12.5. The molecule has 6 heteroatoms. The Bertz CT molecular complexity index is 706. The number of pyridine rings is 1. The molecular formula is C16H19N3O3. The predicted molar refractivity (Wildman–Crippen MR) is 82.7 cm³/mol. The maximum absolute atomic E-state index is 12.5. The van der Waals surface area contributed by atoms with Crippen LogP contribution in [0.1, 0.15) is 23.2 Å². The maximum atomic E-state index is 12.5. The summed E-state index contributed by atoms with van der Waals surface area (Å²) in [7, 11) is 1.89. The minimum Gasteiger partial charge on any atom is -0.463 e. The van der Waals surface area contributed by atoms with Crippen LogP contribution >= 0.6 is 0 Å². The molecule has 0 aliphatic carbocycles. The van der Waals surface area contributed by atoms with E-state index in [1.54, 1.807) is 35.4 Å². The molecular weight excluding hydrogens is 282 g/mol. The number of hydrogen-bond donors (Lipinski definition) is 2. The number of likely N-dealkylation sites (tertiary alicyclic amines) is 1. The lowest BCUT2D eigenvalue weighted by atomic mass is 10.0. The molecule has 6 nitrogen and oxygen atoms in total. The molecule has 116 valence electrons. The van der Waals surface area contributed by atoms with Crippen LogP contribution in [0.15, 0.2) is 39.7 Å². The number of piperidine rings is 1. The third-order valence-corrected chi connectivity index (χ3v) is 4.04. The van der Waals surface area contributed by atoms with Gasteiger partial charge in [-0.25, -0.2) is 0 Å². The van der Waals surface area contributed by atoms with Crippen molar-refractivity contribution in [2.24, 2.45) is 0 Å². The van der Waals surface area contributed by atoms with Gasteiger partial charge in [0.05, 0.1) is 12.0 Å². The molecule has 2 N–H and O–H groups in total. The Morgan fingerprint density at radius 2 is 2.27 bits per heavy atom. The van der Waals surface area contributed by atoms with Crippen LogP contribution in [0.25, 0.3) is 11.5 Å². The molecule has 0 saturated carbocycles. The van der Waals surface area contributed by atoms with Gasteiger partial charge in [-0.1, -0.05) is 0 Å². The van der Waals surface area contributed by atoms with Gasteiger partial charge in [0.1, 0.15) is 11.3 Å². The van der Waals surface area contributed by atoms with Gasteiger partial charge in [0.15, 0.2) is 0 Å². The second-order valence-electron chi connectivity index (χ2n) is 5.47. The number of nitrogens with zero attached hydrogens (tertiary/aromatic N) is 1. The number of aromatic nitrogens is 1. The molecule has 0 spiro atoms. The van der Waals surface area contributed by atoms with Crippen LogP contribution in [0.3, 0.4) is 0 Å². The molecule has 2 aromatic rings. The summed E-state index contributed by atoms with van der Waals surface area (Å²) in [6, 6.07) is 7.07. The first-order valence-corrected chi connectivity index (χ1v) is 7.43. The predicted octanol–water partition coefficient (Wildman–Crippen LogP) is 1.46. The molecule has 1 unspecified atom stereocenters. The van der Waals surface area contributed by atoms with E-state index in [0.717, 1.165) is 12.8 Å². The molecule has 0 bridgehead atoms. The number of amides is 1. The number of nitrogens with one attached hydrogen (secondary N) is 2. The second kappa shape index (κ2) is 6.19. The van der Waals surface area contributed by atoms with Gasteiger partial charge >= 0.3 is 0 Å². The minimum atomic E-state index is -0.384. The number of aromatic amines is 1. The number of hydrogen-bond acceptors (Lipinski definition) is 4. The summed E-state index contributed by atoms with van der Waals surface area (Å²) in [4.78, 5) is 29.2. The van der Waals surface area contributed by atoms with Gasteiger partial charge in [0, 0.05) is 19.1 Å². The molecule has 1 aliphatic rings. The summed E-state index contributed by atoms with van der Waals surface area (Å²) in [5.74, 6) is 0.358. The normalized spacial score (nSPS) is 18.4. The number of furan rings is 1. The van der Waals surface area contributed by atoms with Crippen LogP contribution in [0.2, 0.25) is 0 Å². The second-order valence-corrected chi connectivity index (χ2v) is 5.47. The van der Waals surface area contributed by atoms with Crippen molar-refractivity contribution in [1.29, 1.82) is 0 Å². The first-order valence-electron chi connectivity index (χ1n) is 7.43. The molecule has 3 rings (SSSR count). The summed E-state index contributed by atoms with van der Waals surface area (Å²) in [5, 5.41) is 3.19. The fourth-order valence-electron chi connectivity index (χ4n) is 2.79. The third-order valence-electron chi connectivity index (χ3n) is 4.04. The quantitative estimate of drug-likeness (QED) is 0.899. The minimum absolute atomic E-state index is 0.173. The Morgan fingerprint density at radius 3 is 2.95 bits per heavy atom. The monoisotopic (exact) mass is 301 g/mol. The largest absolute Gasteiger partial charge is 0.463 e. The first kappa shape index (κ1) is 14.6. The molecule has 1 amide bonds. The van der Waals surface area contributed by atoms with Crippen LogP contribution < -0.4 is 10.9 Å². The molecule has 0 aromatic carbocycles. The number of carbonyl (C=O) groups excluding carboxylic acids is 1. The Balaban J connectivity index is 1.82. The van der Waals surface area contributed by atoms with Gasteiger partial charge in [-0.2, -0.15) is 0 Å². The molecule has 1 saturated heterocycles. The first-order chi connectivity index (χ1) is 10.7. The molecule has 1 fully saturated rings. The smallest absolute Gasteiger partial charge is 0.261 e. The molecule has 3 heterocycles. The Labute approximate surface area is 128 Å². The van der Waals surface area contributed by atoms with Crippen LogP contribution in [0.5, 0.6) is 0 Å². The van der Waals surface area contributed by atoms with Gasteiger partial charge in [0.25, 0.3) is 11.5 Å². The average molecular weight is 301 g/mol. The molecule has 1 aliphatic heterocycles.